The molecule has 48 heavy (non-hydrogen) atoms. The number of nitrogens with zero attached hydrogens (tertiary/aromatic N) is 6. The number of pyridine rings is 4. The van der Waals surface area contributed by atoms with Crippen LogP contribution in [-0.2, 0) is 89.4 Å². The van der Waals surface area contributed by atoms with Gasteiger partial charge >= 0.3 is 0 Å². The zero-order valence-corrected chi connectivity index (χ0v) is 33.6. The first-order chi connectivity index (χ1) is 22.6. The Kier molecular flexibility index (Phi) is 16.6. The normalized spacial score (nSPS) is 10.7. The predicted octanol–water partition coefficient (Wildman–Crippen LogP) is 5.44. The second-order valence-corrected chi connectivity index (χ2v) is 11.3. The summed E-state index contributed by atoms with van der Waals surface area (Å²) in [7, 11) is 0. The van der Waals surface area contributed by atoms with E-state index in [0.29, 0.717) is 58.7 Å². The van der Waals surface area contributed by atoms with Crippen LogP contribution >= 0.6 is 0 Å². The van der Waals surface area contributed by atoms with Crippen molar-refractivity contribution in [1.82, 2.24) is 35.1 Å². The van der Waals surface area contributed by atoms with E-state index in [1.54, 1.807) is 24.8 Å². The fraction of sp³-hybridized carbons (Fsp3) is 0.270. The van der Waals surface area contributed by atoms with E-state index in [1.807, 2.05) is 79.7 Å². The van der Waals surface area contributed by atoms with E-state index in [2.05, 4.69) is 47.2 Å². The number of benzene rings is 1. The molecular weight excluding hydrogens is 705 g/mol. The SMILES string of the molecule is CCC(=O)NCCc1cc(CN(Cc2ccccn2)Cc2ccccn2)c(O)c(CN(Cc2ccccn2)Cc2ccccn2)c1.[Zn].[Zn]. The smallest absolute Gasteiger partial charge is 0.219 e. The van der Waals surface area contributed by atoms with Crippen LogP contribution in [0.3, 0.4) is 0 Å². The minimum absolute atomic E-state index is 0. The number of nitrogens with one attached hydrogen (secondary N) is 1. The van der Waals surface area contributed by atoms with E-state index in [4.69, 9.17) is 0 Å². The maximum atomic E-state index is 12.0. The standard InChI is InChI=1S/C37H41N7O2.2Zn/c1-2-36(45)42-20-15-29-21-30(23-43(25-32-11-3-7-16-38-32)26-33-12-4-8-17-39-33)37(46)31(22-29)24-44(27-34-13-5-9-18-40-34)28-35-14-6-10-19-41-35;;/h3-14,16-19,21-22,46H,2,15,20,23-28H2,1H3,(H,42,45);;. The van der Waals surface area contributed by atoms with Gasteiger partial charge in [0.05, 0.1) is 22.8 Å². The van der Waals surface area contributed by atoms with Crippen LogP contribution in [0.1, 0.15) is 52.8 Å². The number of phenolic OH excluding ortho intramolecular Hbond substituents is 1. The van der Waals surface area contributed by atoms with Crippen molar-refractivity contribution < 1.29 is 48.9 Å². The molecule has 0 radical (unpaired) electrons. The second kappa shape index (κ2) is 20.6. The van der Waals surface area contributed by atoms with Crippen molar-refractivity contribution >= 4 is 5.91 Å². The van der Waals surface area contributed by atoms with Crippen LogP contribution in [-0.4, -0.2) is 47.3 Å². The number of phenols is 1. The van der Waals surface area contributed by atoms with Crippen molar-refractivity contribution in [1.29, 1.82) is 0 Å². The Hall–Kier alpha value is -3.74. The number of hydrogen-bond donors (Lipinski definition) is 2. The van der Waals surface area contributed by atoms with Crippen molar-refractivity contribution in [3.63, 3.8) is 0 Å². The fourth-order valence-electron chi connectivity index (χ4n) is 5.39. The summed E-state index contributed by atoms with van der Waals surface area (Å²) in [5, 5.41) is 14.8. The maximum Gasteiger partial charge on any atom is 0.219 e. The van der Waals surface area contributed by atoms with E-state index in [9.17, 15) is 9.90 Å². The summed E-state index contributed by atoms with van der Waals surface area (Å²) in [5.41, 5.74) is 6.43. The first kappa shape index (κ1) is 38.7. The molecule has 0 aliphatic rings. The summed E-state index contributed by atoms with van der Waals surface area (Å²) in [6, 6.07) is 27.7. The molecule has 0 saturated carbocycles. The maximum absolute atomic E-state index is 12.0. The number of rotatable bonds is 16. The average Bonchev–Trinajstić information content (AvgIpc) is 3.08. The Morgan fingerprint density at radius 1 is 0.625 bits per heavy atom. The van der Waals surface area contributed by atoms with E-state index in [-0.39, 0.29) is 50.6 Å². The molecule has 1 aromatic carbocycles. The van der Waals surface area contributed by atoms with Gasteiger partial charge in [-0.05, 0) is 60.5 Å². The molecule has 240 valence electrons. The molecule has 0 atom stereocenters. The zero-order chi connectivity index (χ0) is 32.0. The van der Waals surface area contributed by atoms with Gasteiger partial charge in [0.2, 0.25) is 5.91 Å². The molecule has 0 aliphatic heterocycles. The van der Waals surface area contributed by atoms with Gasteiger partial charge in [-0.25, -0.2) is 0 Å². The molecule has 0 spiro atoms. The van der Waals surface area contributed by atoms with Gasteiger partial charge in [-0.1, -0.05) is 43.3 Å². The van der Waals surface area contributed by atoms with Crippen molar-refractivity contribution in [3.05, 3.63) is 149 Å². The molecule has 2 N–H and O–H groups in total. The number of aromatic nitrogens is 4. The summed E-state index contributed by atoms with van der Waals surface area (Å²) in [6.45, 7) is 5.71. The summed E-state index contributed by atoms with van der Waals surface area (Å²) >= 11 is 0. The molecule has 0 bridgehead atoms. The number of hydrogen-bond acceptors (Lipinski definition) is 8. The Labute approximate surface area is 308 Å². The number of aromatic hydroxyl groups is 1. The quantitative estimate of drug-likeness (QED) is 0.129. The third-order valence-electron chi connectivity index (χ3n) is 7.62. The largest absolute Gasteiger partial charge is 0.507 e. The Morgan fingerprint density at radius 3 is 1.31 bits per heavy atom. The van der Waals surface area contributed by atoms with Gasteiger partial charge < -0.3 is 10.4 Å². The summed E-state index contributed by atoms with van der Waals surface area (Å²) in [6.07, 6.45) is 8.28. The first-order valence-electron chi connectivity index (χ1n) is 15.7. The topological polar surface area (TPSA) is 107 Å². The van der Waals surface area contributed by atoms with Gasteiger partial charge in [0.25, 0.3) is 0 Å². The monoisotopic (exact) mass is 743 g/mol. The van der Waals surface area contributed by atoms with Gasteiger partial charge in [0, 0.05) is 127 Å². The van der Waals surface area contributed by atoms with Crippen LogP contribution in [0, 0.1) is 0 Å². The van der Waals surface area contributed by atoms with Crippen LogP contribution in [0.15, 0.2) is 110 Å². The van der Waals surface area contributed by atoms with Crippen LogP contribution in [0.4, 0.5) is 0 Å². The van der Waals surface area contributed by atoms with Crippen molar-refractivity contribution in [2.24, 2.45) is 0 Å². The molecule has 9 nitrogen and oxygen atoms in total. The van der Waals surface area contributed by atoms with Crippen molar-refractivity contribution in [2.45, 2.75) is 59.0 Å². The molecule has 11 heteroatoms. The minimum atomic E-state index is 0. The Balaban J connectivity index is 0.00000312. The summed E-state index contributed by atoms with van der Waals surface area (Å²) in [5.74, 6) is 0.286. The fourth-order valence-corrected chi connectivity index (χ4v) is 5.39. The number of carbonyl (C=O) groups is 1. The Morgan fingerprint density at radius 2 is 1.00 bits per heavy atom. The van der Waals surface area contributed by atoms with E-state index < -0.39 is 0 Å². The van der Waals surface area contributed by atoms with Crippen LogP contribution in [0.5, 0.6) is 5.75 Å². The summed E-state index contributed by atoms with van der Waals surface area (Å²) < 4.78 is 0. The molecule has 0 fully saturated rings. The minimum Gasteiger partial charge on any atom is -0.507 e. The third-order valence-corrected chi connectivity index (χ3v) is 7.62. The number of carbonyl (C=O) groups excluding carboxylic acids is 1. The molecule has 0 unspecified atom stereocenters. The zero-order valence-electron chi connectivity index (χ0n) is 27.7. The van der Waals surface area contributed by atoms with Gasteiger partial charge in [0.15, 0.2) is 0 Å². The molecule has 4 heterocycles. The van der Waals surface area contributed by atoms with Crippen LogP contribution < -0.4 is 5.32 Å². The molecule has 0 aliphatic carbocycles. The first-order valence-corrected chi connectivity index (χ1v) is 15.7. The van der Waals surface area contributed by atoms with Gasteiger partial charge in [-0.15, -0.1) is 0 Å². The van der Waals surface area contributed by atoms with Crippen LogP contribution in [0.25, 0.3) is 0 Å². The van der Waals surface area contributed by atoms with Crippen LogP contribution in [0.2, 0.25) is 0 Å². The molecule has 1 amide bonds. The molecule has 4 aromatic heterocycles. The van der Waals surface area contributed by atoms with E-state index in [1.165, 1.54) is 0 Å². The van der Waals surface area contributed by atoms with Gasteiger partial charge in [-0.2, -0.15) is 0 Å². The molecule has 5 aromatic rings. The Bertz CT molecular complexity index is 1460. The second-order valence-electron chi connectivity index (χ2n) is 11.3. The third kappa shape index (κ3) is 12.4. The van der Waals surface area contributed by atoms with E-state index >= 15 is 0 Å². The van der Waals surface area contributed by atoms with Gasteiger partial charge in [-0.3, -0.25) is 34.5 Å². The summed E-state index contributed by atoms with van der Waals surface area (Å²) in [4.78, 5) is 34.7. The van der Waals surface area contributed by atoms with E-state index in [0.717, 1.165) is 39.5 Å². The molecular formula is C37H41N7O2Zn2. The van der Waals surface area contributed by atoms with Gasteiger partial charge in [0.1, 0.15) is 5.75 Å². The molecule has 0 saturated heterocycles. The number of amides is 1. The average molecular weight is 747 g/mol. The predicted molar refractivity (Wildman–Crippen MR) is 178 cm³/mol. The molecule has 5 rings (SSSR count). The van der Waals surface area contributed by atoms with Crippen molar-refractivity contribution in [2.75, 3.05) is 6.54 Å². The van der Waals surface area contributed by atoms with Crippen molar-refractivity contribution in [3.8, 4) is 5.75 Å².